The van der Waals surface area contributed by atoms with E-state index in [4.69, 9.17) is 9.40 Å². The van der Waals surface area contributed by atoms with Gasteiger partial charge < -0.3 is 4.42 Å². The van der Waals surface area contributed by atoms with E-state index in [1.54, 1.807) is 6.07 Å². The number of rotatable bonds is 2. The first-order valence-electron chi connectivity index (χ1n) is 8.47. The van der Waals surface area contributed by atoms with Crippen LogP contribution in [-0.4, -0.2) is 9.55 Å². The zero-order chi connectivity index (χ0) is 18.4. The first kappa shape index (κ1) is 16.0. The van der Waals surface area contributed by atoms with Crippen LogP contribution in [0.25, 0.3) is 39.1 Å². The summed E-state index contributed by atoms with van der Waals surface area (Å²) >= 11 is 3.47. The number of halogens is 1. The van der Waals surface area contributed by atoms with Crippen LogP contribution in [0.1, 0.15) is 0 Å². The second-order valence-electron chi connectivity index (χ2n) is 6.22. The van der Waals surface area contributed by atoms with Crippen molar-refractivity contribution in [3.8, 4) is 17.1 Å². The Hall–Kier alpha value is -3.18. The highest BCUT2D eigenvalue weighted by molar-refractivity contribution is 9.10. The Morgan fingerprint density at radius 2 is 1.67 bits per heavy atom. The van der Waals surface area contributed by atoms with Gasteiger partial charge in [-0.1, -0.05) is 46.3 Å². The van der Waals surface area contributed by atoms with E-state index >= 15 is 0 Å². The third-order valence-corrected chi connectivity index (χ3v) is 5.00. The molecular weight excluding hydrogens is 404 g/mol. The fourth-order valence-electron chi connectivity index (χ4n) is 3.30. The van der Waals surface area contributed by atoms with Crippen molar-refractivity contribution in [1.82, 2.24) is 9.55 Å². The maximum absolute atomic E-state index is 12.7. The van der Waals surface area contributed by atoms with Gasteiger partial charge >= 0.3 is 5.63 Å². The summed E-state index contributed by atoms with van der Waals surface area (Å²) in [4.78, 5) is 17.5. The fraction of sp³-hybridized carbons (Fsp3) is 0. The predicted molar refractivity (Wildman–Crippen MR) is 110 cm³/mol. The van der Waals surface area contributed by atoms with Crippen LogP contribution in [0.4, 0.5) is 0 Å². The SMILES string of the molecule is O=c1oc2ccc(Br)cc2cc1-c1nc2ccccc2n1-c1ccccc1. The Balaban J connectivity index is 1.87. The van der Waals surface area contributed by atoms with Crippen LogP contribution in [0.3, 0.4) is 0 Å². The largest absolute Gasteiger partial charge is 0.422 e. The topological polar surface area (TPSA) is 48.0 Å². The molecule has 4 nitrogen and oxygen atoms in total. The zero-order valence-corrected chi connectivity index (χ0v) is 15.7. The summed E-state index contributed by atoms with van der Waals surface area (Å²) < 4.78 is 8.47. The molecule has 0 N–H and O–H groups in total. The summed E-state index contributed by atoms with van der Waals surface area (Å²) in [5.41, 5.74) is 3.28. The lowest BCUT2D eigenvalue weighted by Gasteiger charge is -2.09. The molecular formula is C22H13BrN2O2. The number of nitrogens with zero attached hydrogens (tertiary/aromatic N) is 2. The van der Waals surface area contributed by atoms with Crippen molar-refractivity contribution in [3.63, 3.8) is 0 Å². The predicted octanol–water partition coefficient (Wildman–Crippen LogP) is 5.56. The van der Waals surface area contributed by atoms with Crippen molar-refractivity contribution in [3.05, 3.63) is 93.8 Å². The maximum Gasteiger partial charge on any atom is 0.347 e. The molecule has 0 unspecified atom stereocenters. The van der Waals surface area contributed by atoms with Crippen LogP contribution in [0.5, 0.6) is 0 Å². The van der Waals surface area contributed by atoms with E-state index in [0.29, 0.717) is 17.0 Å². The minimum absolute atomic E-state index is 0.405. The summed E-state index contributed by atoms with van der Waals surface area (Å²) in [6, 6.07) is 25.1. The van der Waals surface area contributed by atoms with Crippen molar-refractivity contribution in [2.75, 3.05) is 0 Å². The second kappa shape index (κ2) is 6.21. The highest BCUT2D eigenvalue weighted by Crippen LogP contribution is 2.29. The monoisotopic (exact) mass is 416 g/mol. The third kappa shape index (κ3) is 2.67. The molecule has 27 heavy (non-hydrogen) atoms. The number of imidazole rings is 1. The van der Waals surface area contributed by atoms with Crippen molar-refractivity contribution in [1.29, 1.82) is 0 Å². The molecule has 0 aliphatic heterocycles. The minimum Gasteiger partial charge on any atom is -0.422 e. The van der Waals surface area contributed by atoms with E-state index in [2.05, 4.69) is 15.9 Å². The van der Waals surface area contributed by atoms with Crippen LogP contribution >= 0.6 is 15.9 Å². The molecule has 3 aromatic carbocycles. The second-order valence-corrected chi connectivity index (χ2v) is 7.14. The molecule has 0 saturated heterocycles. The summed E-state index contributed by atoms with van der Waals surface area (Å²) in [6.07, 6.45) is 0. The smallest absolute Gasteiger partial charge is 0.347 e. The third-order valence-electron chi connectivity index (χ3n) is 4.51. The van der Waals surface area contributed by atoms with E-state index < -0.39 is 5.63 Å². The lowest BCUT2D eigenvalue weighted by molar-refractivity contribution is 0.562. The minimum atomic E-state index is -0.405. The van der Waals surface area contributed by atoms with Crippen LogP contribution in [0.15, 0.2) is 92.5 Å². The van der Waals surface area contributed by atoms with Gasteiger partial charge in [0.25, 0.3) is 0 Å². The molecule has 2 aromatic heterocycles. The molecule has 5 rings (SSSR count). The lowest BCUT2D eigenvalue weighted by Crippen LogP contribution is -2.07. The molecule has 5 aromatic rings. The number of para-hydroxylation sites is 3. The molecule has 0 fully saturated rings. The molecule has 0 spiro atoms. The van der Waals surface area contributed by atoms with Gasteiger partial charge in [0.05, 0.1) is 11.0 Å². The van der Waals surface area contributed by atoms with E-state index in [1.807, 2.05) is 77.4 Å². The summed E-state index contributed by atoms with van der Waals surface area (Å²) in [6.45, 7) is 0. The number of hydrogen-bond acceptors (Lipinski definition) is 3. The molecule has 2 heterocycles. The summed E-state index contributed by atoms with van der Waals surface area (Å²) in [5.74, 6) is 0.568. The Kier molecular flexibility index (Phi) is 3.69. The van der Waals surface area contributed by atoms with Crippen LogP contribution in [0, 0.1) is 0 Å². The molecule has 0 saturated carbocycles. The maximum atomic E-state index is 12.7. The lowest BCUT2D eigenvalue weighted by atomic mass is 10.1. The molecule has 0 bridgehead atoms. The number of fused-ring (bicyclic) bond motifs is 2. The van der Waals surface area contributed by atoms with Gasteiger partial charge in [0.15, 0.2) is 5.82 Å². The summed E-state index contributed by atoms with van der Waals surface area (Å²) in [7, 11) is 0. The van der Waals surface area contributed by atoms with Gasteiger partial charge in [0.2, 0.25) is 0 Å². The number of aromatic nitrogens is 2. The quantitative estimate of drug-likeness (QED) is 0.353. The molecule has 0 aliphatic rings. The van der Waals surface area contributed by atoms with E-state index in [-0.39, 0.29) is 0 Å². The first-order valence-corrected chi connectivity index (χ1v) is 9.27. The van der Waals surface area contributed by atoms with Crippen LogP contribution < -0.4 is 5.63 Å². The molecule has 130 valence electrons. The zero-order valence-electron chi connectivity index (χ0n) is 14.1. The molecule has 0 atom stereocenters. The van der Waals surface area contributed by atoms with Gasteiger partial charge in [-0.15, -0.1) is 0 Å². The summed E-state index contributed by atoms with van der Waals surface area (Å²) in [5, 5.41) is 0.839. The van der Waals surface area contributed by atoms with E-state index in [9.17, 15) is 4.79 Å². The van der Waals surface area contributed by atoms with E-state index in [1.165, 1.54) is 0 Å². The average molecular weight is 417 g/mol. The average Bonchev–Trinajstić information content (AvgIpc) is 3.07. The van der Waals surface area contributed by atoms with Crippen molar-refractivity contribution in [2.24, 2.45) is 0 Å². The molecule has 0 amide bonds. The van der Waals surface area contributed by atoms with E-state index in [0.717, 1.165) is 26.6 Å². The normalized spacial score (nSPS) is 11.3. The fourth-order valence-corrected chi connectivity index (χ4v) is 3.67. The van der Waals surface area contributed by atoms with Crippen LogP contribution in [-0.2, 0) is 0 Å². The van der Waals surface area contributed by atoms with Gasteiger partial charge in [0, 0.05) is 15.5 Å². The number of hydrogen-bond donors (Lipinski definition) is 0. The van der Waals surface area contributed by atoms with Crippen molar-refractivity contribution < 1.29 is 4.42 Å². The first-order chi connectivity index (χ1) is 13.2. The Morgan fingerprint density at radius 3 is 2.52 bits per heavy atom. The number of benzene rings is 3. The standard InChI is InChI=1S/C22H13BrN2O2/c23-15-10-11-20-14(12-15)13-17(22(26)27-20)21-24-18-8-4-5-9-19(18)25(21)16-6-2-1-3-7-16/h1-13H. The molecule has 0 radical (unpaired) electrons. The Morgan fingerprint density at radius 1 is 0.889 bits per heavy atom. The molecule has 5 heteroatoms. The highest BCUT2D eigenvalue weighted by Gasteiger charge is 2.18. The van der Waals surface area contributed by atoms with Gasteiger partial charge in [-0.25, -0.2) is 9.78 Å². The van der Waals surface area contributed by atoms with Crippen molar-refractivity contribution >= 4 is 37.9 Å². The van der Waals surface area contributed by atoms with Gasteiger partial charge in [-0.3, -0.25) is 4.57 Å². The Labute approximate surface area is 162 Å². The Bertz CT molecular complexity index is 1350. The molecule has 0 aliphatic carbocycles. The van der Waals surface area contributed by atoms with Gasteiger partial charge in [-0.05, 0) is 48.5 Å². The van der Waals surface area contributed by atoms with Gasteiger partial charge in [0.1, 0.15) is 11.1 Å². The van der Waals surface area contributed by atoms with Gasteiger partial charge in [-0.2, -0.15) is 0 Å². The highest BCUT2D eigenvalue weighted by atomic mass is 79.9. The van der Waals surface area contributed by atoms with Crippen molar-refractivity contribution in [2.45, 2.75) is 0 Å². The van der Waals surface area contributed by atoms with Crippen LogP contribution in [0.2, 0.25) is 0 Å².